The zero-order valence-electron chi connectivity index (χ0n) is 11.3. The topological polar surface area (TPSA) is 50.4 Å². The van der Waals surface area contributed by atoms with Crippen molar-refractivity contribution in [1.29, 1.82) is 0 Å². The Kier molecular flexibility index (Phi) is 6.52. The van der Waals surface area contributed by atoms with Crippen LogP contribution in [0.25, 0.3) is 0 Å². The molecular weight excluding hydrogens is 216 g/mol. The van der Waals surface area contributed by atoms with Crippen molar-refractivity contribution in [2.24, 2.45) is 11.8 Å². The van der Waals surface area contributed by atoms with Crippen molar-refractivity contribution in [2.75, 3.05) is 26.3 Å². The fourth-order valence-electron chi connectivity index (χ4n) is 1.60. The molecule has 0 radical (unpaired) electrons. The van der Waals surface area contributed by atoms with Gasteiger partial charge in [0.15, 0.2) is 0 Å². The molecule has 1 amide bonds. The number of carbonyl (C=O) groups excluding carboxylic acids is 1. The molecular formula is C13H26N2O2. The molecule has 1 atom stereocenters. The monoisotopic (exact) mass is 242 g/mol. The molecule has 100 valence electrons. The van der Waals surface area contributed by atoms with Gasteiger partial charge in [0.25, 0.3) is 0 Å². The molecule has 1 fully saturated rings. The Balaban J connectivity index is 2.12. The first kappa shape index (κ1) is 14.5. The first-order valence-corrected chi connectivity index (χ1v) is 6.71. The molecule has 17 heavy (non-hydrogen) atoms. The molecule has 1 rings (SSSR count). The number of hydrogen-bond acceptors (Lipinski definition) is 3. The predicted octanol–water partition coefficient (Wildman–Crippen LogP) is 1.16. The average molecular weight is 242 g/mol. The molecule has 0 aromatic carbocycles. The molecule has 4 nitrogen and oxygen atoms in total. The van der Waals surface area contributed by atoms with Crippen LogP contribution in [-0.2, 0) is 9.53 Å². The van der Waals surface area contributed by atoms with Crippen molar-refractivity contribution in [3.05, 3.63) is 0 Å². The highest BCUT2D eigenvalue weighted by molar-refractivity contribution is 5.78. The Hall–Kier alpha value is -0.610. The van der Waals surface area contributed by atoms with E-state index < -0.39 is 0 Å². The maximum absolute atomic E-state index is 11.6. The standard InChI is InChI=1S/C13H26N2O2/c1-4-17-9-12(10(2)3)14-8-13(16)15-7-11-5-6-11/h10-12,14H,4-9H2,1-3H3,(H,15,16). The fourth-order valence-corrected chi connectivity index (χ4v) is 1.60. The summed E-state index contributed by atoms with van der Waals surface area (Å²) in [5, 5.41) is 6.21. The third-order valence-electron chi connectivity index (χ3n) is 3.12. The van der Waals surface area contributed by atoms with Crippen LogP contribution in [0.4, 0.5) is 0 Å². The lowest BCUT2D eigenvalue weighted by Gasteiger charge is -2.21. The van der Waals surface area contributed by atoms with Crippen LogP contribution in [0.3, 0.4) is 0 Å². The Morgan fingerprint density at radius 3 is 2.65 bits per heavy atom. The van der Waals surface area contributed by atoms with Gasteiger partial charge in [-0.15, -0.1) is 0 Å². The summed E-state index contributed by atoms with van der Waals surface area (Å²) in [6.45, 7) is 8.89. The minimum Gasteiger partial charge on any atom is -0.380 e. The van der Waals surface area contributed by atoms with Gasteiger partial charge in [0.2, 0.25) is 5.91 Å². The van der Waals surface area contributed by atoms with Crippen LogP contribution >= 0.6 is 0 Å². The number of rotatable bonds is 9. The summed E-state index contributed by atoms with van der Waals surface area (Å²) < 4.78 is 5.40. The molecule has 4 heteroatoms. The highest BCUT2D eigenvalue weighted by Gasteiger charge is 2.21. The number of nitrogens with one attached hydrogen (secondary N) is 2. The van der Waals surface area contributed by atoms with E-state index in [9.17, 15) is 4.79 Å². The first-order chi connectivity index (χ1) is 8.13. The van der Waals surface area contributed by atoms with Crippen molar-refractivity contribution < 1.29 is 9.53 Å². The zero-order valence-corrected chi connectivity index (χ0v) is 11.3. The van der Waals surface area contributed by atoms with Crippen LogP contribution in [0.15, 0.2) is 0 Å². The van der Waals surface area contributed by atoms with Crippen molar-refractivity contribution in [3.8, 4) is 0 Å². The summed E-state index contributed by atoms with van der Waals surface area (Å²) in [7, 11) is 0. The molecule has 0 heterocycles. The van der Waals surface area contributed by atoms with Gasteiger partial charge in [-0.3, -0.25) is 4.79 Å². The van der Waals surface area contributed by atoms with Crippen LogP contribution in [0, 0.1) is 11.8 Å². The lowest BCUT2D eigenvalue weighted by molar-refractivity contribution is -0.120. The van der Waals surface area contributed by atoms with E-state index >= 15 is 0 Å². The van der Waals surface area contributed by atoms with Crippen molar-refractivity contribution in [2.45, 2.75) is 39.7 Å². The van der Waals surface area contributed by atoms with Gasteiger partial charge in [0.1, 0.15) is 0 Å². The summed E-state index contributed by atoms with van der Waals surface area (Å²) in [6, 6.07) is 0.252. The van der Waals surface area contributed by atoms with Crippen LogP contribution in [-0.4, -0.2) is 38.3 Å². The highest BCUT2D eigenvalue weighted by atomic mass is 16.5. The summed E-state index contributed by atoms with van der Waals surface area (Å²) in [5.41, 5.74) is 0. The SMILES string of the molecule is CCOCC(NCC(=O)NCC1CC1)C(C)C. The van der Waals surface area contributed by atoms with Gasteiger partial charge in [0, 0.05) is 19.2 Å². The second-order valence-corrected chi connectivity index (χ2v) is 5.14. The summed E-state index contributed by atoms with van der Waals surface area (Å²) >= 11 is 0. The normalized spacial score (nSPS) is 17.2. The molecule has 2 N–H and O–H groups in total. The van der Waals surface area contributed by atoms with Crippen LogP contribution in [0.5, 0.6) is 0 Å². The van der Waals surface area contributed by atoms with E-state index in [1.165, 1.54) is 12.8 Å². The molecule has 1 saturated carbocycles. The highest BCUT2D eigenvalue weighted by Crippen LogP contribution is 2.27. The Morgan fingerprint density at radius 1 is 1.41 bits per heavy atom. The second kappa shape index (κ2) is 7.67. The van der Waals surface area contributed by atoms with Crippen LogP contribution < -0.4 is 10.6 Å². The van der Waals surface area contributed by atoms with E-state index in [1.54, 1.807) is 0 Å². The molecule has 0 aliphatic heterocycles. The molecule has 0 aromatic rings. The molecule has 0 aromatic heterocycles. The van der Waals surface area contributed by atoms with Gasteiger partial charge in [-0.2, -0.15) is 0 Å². The zero-order chi connectivity index (χ0) is 12.7. The Morgan fingerprint density at radius 2 is 2.12 bits per heavy atom. The Labute approximate surface area is 104 Å². The number of ether oxygens (including phenoxy) is 1. The molecule has 0 bridgehead atoms. The van der Waals surface area contributed by atoms with Crippen molar-refractivity contribution >= 4 is 5.91 Å². The summed E-state index contributed by atoms with van der Waals surface area (Å²) in [6.07, 6.45) is 2.54. The Bertz CT molecular complexity index is 227. The van der Waals surface area contributed by atoms with E-state index in [-0.39, 0.29) is 11.9 Å². The fraction of sp³-hybridized carbons (Fsp3) is 0.923. The van der Waals surface area contributed by atoms with Gasteiger partial charge in [-0.1, -0.05) is 13.8 Å². The van der Waals surface area contributed by atoms with Crippen LogP contribution in [0.1, 0.15) is 33.6 Å². The lowest BCUT2D eigenvalue weighted by Crippen LogP contribution is -2.44. The van der Waals surface area contributed by atoms with Crippen molar-refractivity contribution in [3.63, 3.8) is 0 Å². The lowest BCUT2D eigenvalue weighted by atomic mass is 10.1. The van der Waals surface area contributed by atoms with Gasteiger partial charge in [-0.05, 0) is 31.6 Å². The summed E-state index contributed by atoms with van der Waals surface area (Å²) in [4.78, 5) is 11.6. The summed E-state index contributed by atoms with van der Waals surface area (Å²) in [5.74, 6) is 1.31. The number of hydrogen-bond donors (Lipinski definition) is 2. The van der Waals surface area contributed by atoms with Crippen LogP contribution in [0.2, 0.25) is 0 Å². The smallest absolute Gasteiger partial charge is 0.233 e. The largest absolute Gasteiger partial charge is 0.380 e. The third kappa shape index (κ3) is 6.64. The average Bonchev–Trinajstić information content (AvgIpc) is 3.09. The van der Waals surface area contributed by atoms with E-state index in [4.69, 9.17) is 4.74 Å². The van der Waals surface area contributed by atoms with E-state index in [0.29, 0.717) is 19.1 Å². The van der Waals surface area contributed by atoms with Gasteiger partial charge in [0.05, 0.1) is 13.2 Å². The third-order valence-corrected chi connectivity index (χ3v) is 3.12. The maximum Gasteiger partial charge on any atom is 0.233 e. The molecule has 1 unspecified atom stereocenters. The number of amides is 1. The molecule has 0 spiro atoms. The van der Waals surface area contributed by atoms with Gasteiger partial charge >= 0.3 is 0 Å². The maximum atomic E-state index is 11.6. The molecule has 1 aliphatic rings. The molecule has 1 aliphatic carbocycles. The van der Waals surface area contributed by atoms with E-state index in [1.807, 2.05) is 6.92 Å². The van der Waals surface area contributed by atoms with Gasteiger partial charge < -0.3 is 15.4 Å². The number of carbonyl (C=O) groups is 1. The quantitative estimate of drug-likeness (QED) is 0.638. The first-order valence-electron chi connectivity index (χ1n) is 6.71. The predicted molar refractivity (Wildman–Crippen MR) is 68.9 cm³/mol. The van der Waals surface area contributed by atoms with E-state index in [0.717, 1.165) is 19.1 Å². The minimum absolute atomic E-state index is 0.0963. The molecule has 0 saturated heterocycles. The minimum atomic E-state index is 0.0963. The van der Waals surface area contributed by atoms with Gasteiger partial charge in [-0.25, -0.2) is 0 Å². The second-order valence-electron chi connectivity index (χ2n) is 5.14. The van der Waals surface area contributed by atoms with Crippen molar-refractivity contribution in [1.82, 2.24) is 10.6 Å². The van der Waals surface area contributed by atoms with E-state index in [2.05, 4.69) is 24.5 Å².